The summed E-state index contributed by atoms with van der Waals surface area (Å²) in [5.74, 6) is 0.328. The van der Waals surface area contributed by atoms with E-state index in [2.05, 4.69) is 15.0 Å². The second kappa shape index (κ2) is 3.55. The fourth-order valence-electron chi connectivity index (χ4n) is 0.896. The van der Waals surface area contributed by atoms with Crippen LogP contribution in [0, 0.1) is 0 Å². The molecule has 6 heteroatoms. The van der Waals surface area contributed by atoms with Crippen molar-refractivity contribution in [2.24, 2.45) is 0 Å². The van der Waals surface area contributed by atoms with Crippen LogP contribution in [0.4, 0.5) is 0 Å². The highest BCUT2D eigenvalue weighted by Crippen LogP contribution is 2.16. The third-order valence-electron chi connectivity index (χ3n) is 1.56. The fourth-order valence-corrected chi connectivity index (χ4v) is 1.07. The summed E-state index contributed by atoms with van der Waals surface area (Å²) in [7, 11) is 0. The summed E-state index contributed by atoms with van der Waals surface area (Å²) in [5.41, 5.74) is 0.725. The number of oxazole rings is 1. The Bertz CT molecular complexity index is 456. The summed E-state index contributed by atoms with van der Waals surface area (Å²) in [4.78, 5) is 22.1. The highest BCUT2D eigenvalue weighted by atomic mass is 35.5. The van der Waals surface area contributed by atoms with E-state index in [4.69, 9.17) is 16.0 Å². The molecule has 0 spiro atoms. The molecule has 0 aromatic carbocycles. The fraction of sp³-hybridized carbons (Fsp3) is 0. The molecule has 5 nitrogen and oxygen atoms in total. The van der Waals surface area contributed by atoms with Gasteiger partial charge in [-0.1, -0.05) is 11.6 Å². The van der Waals surface area contributed by atoms with Crippen LogP contribution in [0.1, 0.15) is 10.4 Å². The first-order valence-corrected chi connectivity index (χ1v) is 4.05. The Morgan fingerprint density at radius 3 is 2.86 bits per heavy atom. The normalized spacial score (nSPS) is 10.1. The predicted molar refractivity (Wildman–Crippen MR) is 47.9 cm³/mol. The number of halogens is 1. The number of carbonyl (C=O) groups excluding carboxylic acids is 1. The number of hydrogen-bond acceptors (Lipinski definition) is 5. The van der Waals surface area contributed by atoms with Gasteiger partial charge in [0.2, 0.25) is 0 Å². The molecule has 0 saturated heterocycles. The second-order valence-electron chi connectivity index (χ2n) is 2.43. The van der Waals surface area contributed by atoms with E-state index >= 15 is 0 Å². The van der Waals surface area contributed by atoms with Gasteiger partial charge in [-0.25, -0.2) is 15.0 Å². The van der Waals surface area contributed by atoms with Crippen LogP contribution in [0.15, 0.2) is 23.3 Å². The highest BCUT2D eigenvalue weighted by Gasteiger charge is 2.07. The van der Waals surface area contributed by atoms with Crippen molar-refractivity contribution in [1.29, 1.82) is 0 Å². The summed E-state index contributed by atoms with van der Waals surface area (Å²) in [6.45, 7) is 0. The van der Waals surface area contributed by atoms with Crippen molar-refractivity contribution in [1.82, 2.24) is 15.0 Å². The van der Waals surface area contributed by atoms with E-state index in [0.717, 1.165) is 0 Å². The Balaban J connectivity index is 2.48. The van der Waals surface area contributed by atoms with Gasteiger partial charge in [-0.15, -0.1) is 0 Å². The van der Waals surface area contributed by atoms with E-state index in [0.29, 0.717) is 17.8 Å². The van der Waals surface area contributed by atoms with Gasteiger partial charge in [0.15, 0.2) is 18.5 Å². The van der Waals surface area contributed by atoms with Crippen molar-refractivity contribution in [2.45, 2.75) is 0 Å². The molecule has 0 amide bonds. The van der Waals surface area contributed by atoms with E-state index < -0.39 is 0 Å². The average molecular weight is 210 g/mol. The number of aromatic nitrogens is 3. The van der Waals surface area contributed by atoms with Gasteiger partial charge in [0, 0.05) is 6.20 Å². The van der Waals surface area contributed by atoms with Crippen LogP contribution in [0.25, 0.3) is 11.5 Å². The average Bonchev–Trinajstić information content (AvgIpc) is 2.70. The lowest BCUT2D eigenvalue weighted by Gasteiger charge is -1.96. The maximum absolute atomic E-state index is 10.4. The van der Waals surface area contributed by atoms with Gasteiger partial charge in [-0.2, -0.15) is 0 Å². The maximum atomic E-state index is 10.4. The van der Waals surface area contributed by atoms with Crippen molar-refractivity contribution in [2.75, 3.05) is 0 Å². The minimum absolute atomic E-state index is 0.105. The summed E-state index contributed by atoms with van der Waals surface area (Å²) in [6, 6.07) is 0. The van der Waals surface area contributed by atoms with Crippen molar-refractivity contribution >= 4 is 17.9 Å². The van der Waals surface area contributed by atoms with Gasteiger partial charge < -0.3 is 4.42 Å². The van der Waals surface area contributed by atoms with Crippen LogP contribution < -0.4 is 0 Å². The number of rotatable bonds is 2. The molecule has 0 N–H and O–H groups in total. The largest absolute Gasteiger partial charge is 0.451 e. The van der Waals surface area contributed by atoms with Crippen LogP contribution in [0.2, 0.25) is 5.15 Å². The molecule has 2 heterocycles. The Hall–Kier alpha value is -1.75. The number of aldehydes is 1. The Labute approximate surface area is 83.8 Å². The van der Waals surface area contributed by atoms with E-state index in [1.807, 2.05) is 0 Å². The number of nitrogens with zero attached hydrogens (tertiary/aromatic N) is 3. The molecule has 0 aliphatic heterocycles. The predicted octanol–water partition coefficient (Wildman–Crippen LogP) is 1.60. The molecule has 0 fully saturated rings. The van der Waals surface area contributed by atoms with E-state index in [1.54, 1.807) is 0 Å². The Morgan fingerprint density at radius 2 is 2.29 bits per heavy atom. The Morgan fingerprint density at radius 1 is 1.43 bits per heavy atom. The van der Waals surface area contributed by atoms with Gasteiger partial charge in [-0.3, -0.25) is 4.79 Å². The zero-order valence-electron chi connectivity index (χ0n) is 6.85. The molecule has 70 valence electrons. The summed E-state index contributed by atoms with van der Waals surface area (Å²) in [6.07, 6.45) is 4.59. The van der Waals surface area contributed by atoms with Gasteiger partial charge in [0.25, 0.3) is 0 Å². The summed E-state index contributed by atoms with van der Waals surface area (Å²) in [5, 5.41) is 0.105. The third-order valence-corrected chi connectivity index (χ3v) is 1.86. The van der Waals surface area contributed by atoms with Crippen LogP contribution >= 0.6 is 11.6 Å². The highest BCUT2D eigenvalue weighted by molar-refractivity contribution is 6.31. The minimum Gasteiger partial charge on any atom is -0.451 e. The van der Waals surface area contributed by atoms with Gasteiger partial charge >= 0.3 is 0 Å². The molecule has 2 aromatic heterocycles. The summed E-state index contributed by atoms with van der Waals surface area (Å²) >= 11 is 5.71. The molecule has 0 bridgehead atoms. The van der Waals surface area contributed by atoms with E-state index in [1.165, 1.54) is 18.9 Å². The first kappa shape index (κ1) is 8.83. The molecule has 2 aromatic rings. The zero-order chi connectivity index (χ0) is 9.97. The molecular weight excluding hydrogens is 206 g/mol. The van der Waals surface area contributed by atoms with Crippen LogP contribution in [0.5, 0.6) is 0 Å². The smallest absolute Gasteiger partial charge is 0.182 e. The molecule has 0 aliphatic carbocycles. The van der Waals surface area contributed by atoms with Crippen LogP contribution in [-0.2, 0) is 0 Å². The Kier molecular flexibility index (Phi) is 2.24. The topological polar surface area (TPSA) is 68.9 Å². The number of hydrogen-bond donors (Lipinski definition) is 0. The molecular formula is C8H4ClN3O2. The number of carbonyl (C=O) groups is 1. The third kappa shape index (κ3) is 1.49. The molecule has 0 radical (unpaired) electrons. The van der Waals surface area contributed by atoms with Crippen molar-refractivity contribution in [3.8, 4) is 11.5 Å². The van der Waals surface area contributed by atoms with Crippen molar-refractivity contribution in [3.05, 3.63) is 29.6 Å². The molecule has 2 rings (SSSR count). The SMILES string of the molecule is O=Cc1cnc(-c2cocn2)nc1Cl. The minimum atomic E-state index is 0.105. The molecule has 0 aliphatic rings. The lowest BCUT2D eigenvalue weighted by Crippen LogP contribution is -1.93. The monoisotopic (exact) mass is 209 g/mol. The standard InChI is InChI=1S/C8H4ClN3O2/c9-7-5(2-13)1-10-8(12-7)6-3-14-4-11-6/h1-4H. The first-order valence-electron chi connectivity index (χ1n) is 3.67. The van der Waals surface area contributed by atoms with Crippen molar-refractivity contribution in [3.63, 3.8) is 0 Å². The lowest BCUT2D eigenvalue weighted by atomic mass is 10.3. The molecule has 0 saturated carbocycles. The summed E-state index contributed by atoms with van der Waals surface area (Å²) < 4.78 is 4.76. The van der Waals surface area contributed by atoms with E-state index in [9.17, 15) is 4.79 Å². The molecule has 0 unspecified atom stereocenters. The second-order valence-corrected chi connectivity index (χ2v) is 2.79. The molecule has 14 heavy (non-hydrogen) atoms. The van der Waals surface area contributed by atoms with Gasteiger partial charge in [0.1, 0.15) is 17.1 Å². The van der Waals surface area contributed by atoms with Crippen LogP contribution in [0.3, 0.4) is 0 Å². The first-order chi connectivity index (χ1) is 6.81. The maximum Gasteiger partial charge on any atom is 0.182 e. The molecule has 0 atom stereocenters. The van der Waals surface area contributed by atoms with Crippen molar-refractivity contribution < 1.29 is 9.21 Å². The zero-order valence-corrected chi connectivity index (χ0v) is 7.60. The quantitative estimate of drug-likeness (QED) is 0.555. The van der Waals surface area contributed by atoms with E-state index in [-0.39, 0.29) is 10.7 Å². The van der Waals surface area contributed by atoms with Crippen LogP contribution in [-0.4, -0.2) is 21.2 Å². The van der Waals surface area contributed by atoms with Gasteiger partial charge in [-0.05, 0) is 0 Å². The lowest BCUT2D eigenvalue weighted by molar-refractivity contribution is 0.112. The van der Waals surface area contributed by atoms with Gasteiger partial charge in [0.05, 0.1) is 5.56 Å².